The van der Waals surface area contributed by atoms with E-state index in [2.05, 4.69) is 11.6 Å². The van der Waals surface area contributed by atoms with Crippen molar-refractivity contribution in [3.8, 4) is 0 Å². The van der Waals surface area contributed by atoms with Crippen LogP contribution >= 0.6 is 24.8 Å². The Bertz CT molecular complexity index is 209. The Morgan fingerprint density at radius 1 is 1.38 bits per heavy atom. The van der Waals surface area contributed by atoms with Gasteiger partial charge in [-0.2, -0.15) is 0 Å². The van der Waals surface area contributed by atoms with Crippen LogP contribution < -0.4 is 0 Å². The van der Waals surface area contributed by atoms with E-state index in [1.807, 2.05) is 24.3 Å². The Labute approximate surface area is 98.9 Å². The molecule has 0 aromatic carbocycles. The second-order valence-corrected chi connectivity index (χ2v) is 1.81. The van der Waals surface area contributed by atoms with Gasteiger partial charge in [-0.1, -0.05) is 12.1 Å². The number of hydrogen-bond acceptors (Lipinski definition) is 2. The van der Waals surface area contributed by atoms with Gasteiger partial charge in [0.25, 0.3) is 0 Å². The van der Waals surface area contributed by atoms with Gasteiger partial charge in [0.2, 0.25) is 0 Å². The van der Waals surface area contributed by atoms with E-state index in [1.54, 1.807) is 6.20 Å². The summed E-state index contributed by atoms with van der Waals surface area (Å²) in [5.41, 5.74) is 1.08. The van der Waals surface area contributed by atoms with Gasteiger partial charge in [0.15, 0.2) is 0 Å². The molecule has 0 atom stereocenters. The summed E-state index contributed by atoms with van der Waals surface area (Å²) in [4.78, 5) is 4.10. The average Bonchev–Trinajstić information content (AvgIpc) is 2.11. The monoisotopic (exact) mass is 234 g/mol. The van der Waals surface area contributed by atoms with Crippen molar-refractivity contribution in [2.24, 2.45) is 0 Å². The van der Waals surface area contributed by atoms with Crippen molar-refractivity contribution in [2.45, 2.75) is 6.42 Å². The molecule has 1 aromatic heterocycles. The van der Waals surface area contributed by atoms with Crippen LogP contribution in [0.1, 0.15) is 5.69 Å². The van der Waals surface area contributed by atoms with Crippen molar-refractivity contribution in [3.63, 3.8) is 0 Å². The fourth-order valence-electron chi connectivity index (χ4n) is 0.667. The van der Waals surface area contributed by atoms with Gasteiger partial charge in [-0.15, -0.1) is 31.4 Å². The maximum absolute atomic E-state index is 8.17. The molecule has 0 bridgehead atoms. The Hall–Kier alpha value is -0.198. The summed E-state index contributed by atoms with van der Waals surface area (Å²) in [7, 11) is 0. The predicted molar refractivity (Wildman–Crippen MR) is 59.1 cm³/mol. The molecule has 0 aliphatic carbocycles. The van der Waals surface area contributed by atoms with Crippen LogP contribution in [0.4, 0.5) is 0 Å². The van der Waals surface area contributed by atoms with E-state index in [0.717, 1.165) is 12.1 Å². The molecule has 1 radical (unpaired) electrons. The van der Waals surface area contributed by atoms with Crippen LogP contribution in [0.3, 0.4) is 0 Å². The molecule has 0 saturated heterocycles. The molecule has 1 heterocycles. The van der Waals surface area contributed by atoms with E-state index in [4.69, 9.17) is 3.80 Å². The molecule has 0 fully saturated rings. The molecule has 0 saturated carbocycles. The molecule has 0 amide bonds. The van der Waals surface area contributed by atoms with Gasteiger partial charge in [0.1, 0.15) is 0 Å². The van der Waals surface area contributed by atoms with E-state index < -0.39 is 0 Å². The quantitative estimate of drug-likeness (QED) is 0.580. The summed E-state index contributed by atoms with van der Waals surface area (Å²) >= 11 is 1.17. The molecule has 0 N–H and O–H groups in total. The van der Waals surface area contributed by atoms with Gasteiger partial charge in [0.05, 0.1) is 0 Å². The molecule has 0 spiro atoms. The van der Waals surface area contributed by atoms with Crippen molar-refractivity contribution in [2.75, 3.05) is 0 Å². The first kappa shape index (κ1) is 18.6. The topological polar surface area (TPSA) is 30.0 Å². The second-order valence-electron chi connectivity index (χ2n) is 1.81. The number of pyridine rings is 1. The molecule has 0 aliphatic rings. The second kappa shape index (κ2) is 14.3. The summed E-state index contributed by atoms with van der Waals surface area (Å²) in [6.07, 6.45) is 4.50. The van der Waals surface area contributed by atoms with Gasteiger partial charge in [-0.25, -0.2) is 0 Å². The van der Waals surface area contributed by atoms with Crippen LogP contribution in [0.2, 0.25) is 0 Å². The number of nitrogens with zero attached hydrogens (tertiary/aromatic N) is 1. The minimum absolute atomic E-state index is 0. The van der Waals surface area contributed by atoms with Crippen LogP contribution in [0, 0.1) is 0 Å². The number of aromatic nitrogens is 1. The zero-order chi connectivity index (χ0) is 8.53. The van der Waals surface area contributed by atoms with Crippen molar-refractivity contribution >= 4 is 41.0 Å². The SMILES string of the molecule is C=CCc1ccccn1.Cl.Cl.[O]=[Al]. The Morgan fingerprint density at radius 3 is 2.38 bits per heavy atom. The van der Waals surface area contributed by atoms with E-state index >= 15 is 0 Å². The summed E-state index contributed by atoms with van der Waals surface area (Å²) in [6, 6.07) is 5.88. The van der Waals surface area contributed by atoms with Gasteiger partial charge >= 0.3 is 20.0 Å². The number of halogens is 2. The number of allylic oxidation sites excluding steroid dienone is 1. The zero-order valence-corrected chi connectivity index (χ0v) is 9.84. The fourth-order valence-corrected chi connectivity index (χ4v) is 0.667. The summed E-state index contributed by atoms with van der Waals surface area (Å²) in [6.45, 7) is 3.62. The van der Waals surface area contributed by atoms with Crippen molar-refractivity contribution in [1.29, 1.82) is 0 Å². The van der Waals surface area contributed by atoms with Crippen LogP contribution in [0.15, 0.2) is 37.1 Å². The third-order valence-electron chi connectivity index (χ3n) is 1.08. The first-order valence-corrected chi connectivity index (χ1v) is 3.65. The van der Waals surface area contributed by atoms with Crippen LogP contribution in [-0.2, 0) is 10.2 Å². The Kier molecular flexibility index (Phi) is 20.5. The van der Waals surface area contributed by atoms with E-state index in [9.17, 15) is 0 Å². The number of rotatable bonds is 2. The maximum atomic E-state index is 8.17. The molecule has 1 aromatic rings. The molecule has 0 aliphatic heterocycles. The summed E-state index contributed by atoms with van der Waals surface area (Å²) in [5.74, 6) is 0. The van der Waals surface area contributed by atoms with E-state index in [1.165, 1.54) is 16.2 Å². The zero-order valence-electron chi connectivity index (χ0n) is 7.05. The molecule has 13 heavy (non-hydrogen) atoms. The van der Waals surface area contributed by atoms with E-state index in [0.29, 0.717) is 0 Å². The normalized spacial score (nSPS) is 6.38. The minimum atomic E-state index is 0. The molecule has 5 heteroatoms. The first-order valence-electron chi connectivity index (χ1n) is 3.18. The molecule has 0 unspecified atom stereocenters. The number of hydrogen-bond donors (Lipinski definition) is 0. The van der Waals surface area contributed by atoms with Gasteiger partial charge < -0.3 is 0 Å². The molecular weight excluding hydrogens is 224 g/mol. The van der Waals surface area contributed by atoms with Crippen molar-refractivity contribution in [1.82, 2.24) is 4.98 Å². The van der Waals surface area contributed by atoms with Gasteiger partial charge in [-0.05, 0) is 12.1 Å². The van der Waals surface area contributed by atoms with Crippen LogP contribution in [0.5, 0.6) is 0 Å². The van der Waals surface area contributed by atoms with Gasteiger partial charge in [0, 0.05) is 18.3 Å². The Morgan fingerprint density at radius 2 is 2.00 bits per heavy atom. The predicted octanol–water partition coefficient (Wildman–Crippen LogP) is 2.15. The molecular formula is C8H11AlCl2NO. The van der Waals surface area contributed by atoms with Crippen LogP contribution in [-0.4, -0.2) is 21.2 Å². The average molecular weight is 235 g/mol. The third kappa shape index (κ3) is 9.72. The van der Waals surface area contributed by atoms with E-state index in [-0.39, 0.29) is 24.8 Å². The fraction of sp³-hybridized carbons (Fsp3) is 0.125. The Balaban J connectivity index is -0.000000234. The van der Waals surface area contributed by atoms with Crippen molar-refractivity contribution < 1.29 is 3.80 Å². The van der Waals surface area contributed by atoms with Crippen molar-refractivity contribution in [3.05, 3.63) is 42.7 Å². The van der Waals surface area contributed by atoms with Gasteiger partial charge in [-0.3, -0.25) is 4.98 Å². The standard InChI is InChI=1S/C8H9N.Al.2ClH.O/c1-2-5-8-6-3-4-7-9-8;;;;/h2-4,6-7H,1,5H2;;2*1H;. The summed E-state index contributed by atoms with van der Waals surface area (Å²) < 4.78 is 8.17. The molecule has 2 nitrogen and oxygen atoms in total. The third-order valence-corrected chi connectivity index (χ3v) is 1.08. The van der Waals surface area contributed by atoms with Crippen LogP contribution in [0.25, 0.3) is 0 Å². The molecule has 1 rings (SSSR count). The first-order chi connectivity index (χ1) is 5.43. The molecule has 71 valence electrons. The summed E-state index contributed by atoms with van der Waals surface area (Å²) in [5, 5.41) is 0.